The van der Waals surface area contributed by atoms with Gasteiger partial charge < -0.3 is 10.1 Å². The van der Waals surface area contributed by atoms with Gasteiger partial charge in [0.1, 0.15) is 0 Å². The van der Waals surface area contributed by atoms with Gasteiger partial charge in [-0.1, -0.05) is 51.9 Å². The van der Waals surface area contributed by atoms with Gasteiger partial charge in [0.15, 0.2) is 0 Å². The van der Waals surface area contributed by atoms with Gasteiger partial charge in [0, 0.05) is 18.4 Å². The largest absolute Gasteiger partial charge is 0.390 e. The SMILES string of the molecule is CCCCCCCCCCNS(=O)(=O)c1c[nH]c(CO)c1. The fraction of sp³-hybridized carbons (Fsp3) is 0.733. The van der Waals surface area contributed by atoms with Gasteiger partial charge in [-0.15, -0.1) is 0 Å². The van der Waals surface area contributed by atoms with Crippen molar-refractivity contribution < 1.29 is 13.5 Å². The smallest absolute Gasteiger partial charge is 0.242 e. The highest BCUT2D eigenvalue weighted by atomic mass is 32.2. The van der Waals surface area contributed by atoms with Crippen molar-refractivity contribution in [1.29, 1.82) is 0 Å². The van der Waals surface area contributed by atoms with Gasteiger partial charge >= 0.3 is 0 Å². The van der Waals surface area contributed by atoms with Gasteiger partial charge in [0.2, 0.25) is 10.0 Å². The Labute approximate surface area is 128 Å². The van der Waals surface area contributed by atoms with Crippen LogP contribution in [0.4, 0.5) is 0 Å². The standard InChI is InChI=1S/C15H28N2O3S/c1-2-3-4-5-6-7-8-9-10-17-21(19,20)15-11-14(13-18)16-12-15/h11-12,16-18H,2-10,13H2,1H3. The van der Waals surface area contributed by atoms with Crippen LogP contribution < -0.4 is 4.72 Å². The van der Waals surface area contributed by atoms with Crippen LogP contribution in [-0.2, 0) is 16.6 Å². The number of H-pyrrole nitrogens is 1. The van der Waals surface area contributed by atoms with Gasteiger partial charge in [0.25, 0.3) is 0 Å². The third kappa shape index (κ3) is 7.11. The molecule has 6 heteroatoms. The Kier molecular flexibility index (Phi) is 8.64. The molecule has 0 aliphatic carbocycles. The van der Waals surface area contributed by atoms with Gasteiger partial charge in [-0.3, -0.25) is 0 Å². The van der Waals surface area contributed by atoms with E-state index < -0.39 is 10.0 Å². The lowest BCUT2D eigenvalue weighted by Crippen LogP contribution is -2.24. The molecule has 0 aliphatic rings. The van der Waals surface area contributed by atoms with Crippen LogP contribution in [0.25, 0.3) is 0 Å². The zero-order valence-corrected chi connectivity index (χ0v) is 13.7. The van der Waals surface area contributed by atoms with E-state index in [9.17, 15) is 8.42 Å². The molecule has 0 atom stereocenters. The Morgan fingerprint density at radius 1 is 1.10 bits per heavy atom. The van der Waals surface area contributed by atoms with E-state index in [-0.39, 0.29) is 11.5 Å². The number of sulfonamides is 1. The lowest BCUT2D eigenvalue weighted by Gasteiger charge is -2.05. The van der Waals surface area contributed by atoms with Crippen LogP contribution in [0, 0.1) is 0 Å². The molecule has 1 heterocycles. The Morgan fingerprint density at radius 2 is 1.71 bits per heavy atom. The number of aromatic amines is 1. The summed E-state index contributed by atoms with van der Waals surface area (Å²) in [6.45, 7) is 2.49. The first-order valence-electron chi connectivity index (χ1n) is 7.88. The van der Waals surface area contributed by atoms with Crippen LogP contribution in [-0.4, -0.2) is 25.1 Å². The average molecular weight is 316 g/mol. The van der Waals surface area contributed by atoms with Crippen LogP contribution in [0.1, 0.15) is 64.0 Å². The molecular formula is C15H28N2O3S. The summed E-state index contributed by atoms with van der Waals surface area (Å²) in [6.07, 6.45) is 10.9. The number of aromatic nitrogens is 1. The van der Waals surface area contributed by atoms with E-state index in [0.717, 1.165) is 12.8 Å². The summed E-state index contributed by atoms with van der Waals surface area (Å²) in [5.74, 6) is 0. The van der Waals surface area contributed by atoms with Crippen LogP contribution in [0.2, 0.25) is 0 Å². The van der Waals surface area contributed by atoms with Gasteiger partial charge in [-0.2, -0.15) is 0 Å². The topological polar surface area (TPSA) is 82.2 Å². The second kappa shape index (κ2) is 9.97. The molecule has 0 saturated carbocycles. The molecule has 122 valence electrons. The van der Waals surface area contributed by atoms with Crippen molar-refractivity contribution >= 4 is 10.0 Å². The van der Waals surface area contributed by atoms with E-state index in [1.165, 1.54) is 50.8 Å². The molecule has 0 amide bonds. The molecule has 5 nitrogen and oxygen atoms in total. The zero-order valence-electron chi connectivity index (χ0n) is 12.9. The molecule has 1 aromatic heterocycles. The fourth-order valence-electron chi connectivity index (χ4n) is 2.21. The van der Waals surface area contributed by atoms with Gasteiger partial charge in [0.05, 0.1) is 11.5 Å². The molecule has 0 aliphatic heterocycles. The average Bonchev–Trinajstić information content (AvgIpc) is 2.95. The number of aliphatic hydroxyl groups is 1. The van der Waals surface area contributed by atoms with Crippen molar-refractivity contribution in [1.82, 2.24) is 9.71 Å². The number of hydrogen-bond donors (Lipinski definition) is 3. The minimum absolute atomic E-state index is 0.186. The summed E-state index contributed by atoms with van der Waals surface area (Å²) in [5.41, 5.74) is 0.502. The molecule has 1 aromatic rings. The predicted octanol–water partition coefficient (Wildman–Crippen LogP) is 2.93. The third-order valence-corrected chi connectivity index (χ3v) is 4.96. The zero-order chi connectivity index (χ0) is 15.6. The van der Waals surface area contributed by atoms with E-state index >= 15 is 0 Å². The van der Waals surface area contributed by atoms with Gasteiger partial charge in [-0.05, 0) is 12.5 Å². The van der Waals surface area contributed by atoms with E-state index in [1.54, 1.807) is 0 Å². The van der Waals surface area contributed by atoms with E-state index in [1.807, 2.05) is 0 Å². The van der Waals surface area contributed by atoms with Crippen molar-refractivity contribution in [3.05, 3.63) is 18.0 Å². The maximum Gasteiger partial charge on any atom is 0.242 e. The summed E-state index contributed by atoms with van der Waals surface area (Å²) in [5, 5.41) is 8.92. The van der Waals surface area contributed by atoms with Crippen LogP contribution in [0.15, 0.2) is 17.2 Å². The lowest BCUT2D eigenvalue weighted by molar-refractivity contribution is 0.277. The molecule has 0 aromatic carbocycles. The van der Waals surface area contributed by atoms with Crippen molar-refractivity contribution in [3.63, 3.8) is 0 Å². The number of rotatable bonds is 12. The van der Waals surface area contributed by atoms with Crippen LogP contribution in [0.5, 0.6) is 0 Å². The molecule has 0 radical (unpaired) electrons. The number of nitrogens with one attached hydrogen (secondary N) is 2. The number of hydrogen-bond acceptors (Lipinski definition) is 3. The van der Waals surface area contributed by atoms with Crippen molar-refractivity contribution in [2.45, 2.75) is 69.8 Å². The van der Waals surface area contributed by atoms with Crippen LogP contribution >= 0.6 is 0 Å². The summed E-state index contributed by atoms with van der Waals surface area (Å²) in [4.78, 5) is 2.91. The molecule has 0 fully saturated rings. The maximum absolute atomic E-state index is 12.0. The Morgan fingerprint density at radius 3 is 2.29 bits per heavy atom. The molecule has 1 rings (SSSR count). The first kappa shape index (κ1) is 18.2. The fourth-order valence-corrected chi connectivity index (χ4v) is 3.31. The highest BCUT2D eigenvalue weighted by Gasteiger charge is 2.14. The first-order chi connectivity index (χ1) is 10.1. The summed E-state index contributed by atoms with van der Waals surface area (Å²) >= 11 is 0. The van der Waals surface area contributed by atoms with Crippen molar-refractivity contribution in [2.24, 2.45) is 0 Å². The second-order valence-corrected chi connectivity index (χ2v) is 7.16. The van der Waals surface area contributed by atoms with Gasteiger partial charge in [-0.25, -0.2) is 13.1 Å². The molecular weight excluding hydrogens is 288 g/mol. The molecule has 0 saturated heterocycles. The van der Waals surface area contributed by atoms with E-state index in [0.29, 0.717) is 12.2 Å². The minimum atomic E-state index is -3.45. The monoisotopic (exact) mass is 316 g/mol. The third-order valence-electron chi connectivity index (χ3n) is 3.52. The summed E-state index contributed by atoms with van der Waals surface area (Å²) in [6, 6.07) is 1.45. The maximum atomic E-state index is 12.0. The quantitative estimate of drug-likeness (QED) is 0.519. The van der Waals surface area contributed by atoms with E-state index in [4.69, 9.17) is 5.11 Å². The van der Waals surface area contributed by atoms with Crippen molar-refractivity contribution in [2.75, 3.05) is 6.54 Å². The lowest BCUT2D eigenvalue weighted by atomic mass is 10.1. The van der Waals surface area contributed by atoms with Crippen LogP contribution in [0.3, 0.4) is 0 Å². The predicted molar refractivity (Wildman–Crippen MR) is 84.5 cm³/mol. The minimum Gasteiger partial charge on any atom is -0.390 e. The van der Waals surface area contributed by atoms with Crippen molar-refractivity contribution in [3.8, 4) is 0 Å². The molecule has 0 spiro atoms. The summed E-state index contributed by atoms with van der Waals surface area (Å²) in [7, 11) is -3.45. The molecule has 0 unspecified atom stereocenters. The molecule has 0 bridgehead atoms. The molecule has 3 N–H and O–H groups in total. The normalized spacial score (nSPS) is 11.9. The first-order valence-corrected chi connectivity index (χ1v) is 9.36. The second-order valence-electron chi connectivity index (χ2n) is 5.39. The highest BCUT2D eigenvalue weighted by molar-refractivity contribution is 7.89. The summed E-state index contributed by atoms with van der Waals surface area (Å²) < 4.78 is 26.5. The Hall–Kier alpha value is -0.850. The highest BCUT2D eigenvalue weighted by Crippen LogP contribution is 2.11. The van der Waals surface area contributed by atoms with E-state index in [2.05, 4.69) is 16.6 Å². The number of unbranched alkanes of at least 4 members (excludes halogenated alkanes) is 7. The number of aliphatic hydroxyl groups excluding tert-OH is 1. The molecule has 21 heavy (non-hydrogen) atoms. The Balaban J connectivity index is 2.14. The Bertz CT molecular complexity index is 483.